The average Bonchev–Trinajstić information content (AvgIpc) is 2.84. The second kappa shape index (κ2) is 7.24. The van der Waals surface area contributed by atoms with Gasteiger partial charge in [0.25, 0.3) is 17.2 Å². The Balaban J connectivity index is 1.83. The maximum Gasteiger partial charge on any atom is 0.275 e. The number of nitro groups is 1. The van der Waals surface area contributed by atoms with Crippen LogP contribution < -0.4 is 9.64 Å². The van der Waals surface area contributed by atoms with Gasteiger partial charge in [0.15, 0.2) is 6.54 Å². The number of benzene rings is 2. The highest BCUT2D eigenvalue weighted by atomic mass is 16.6. The standard InChI is InChI=1S/C21H24N3O4/c1-28-19-11-9-17(10-12-19)23-20-8-3-2-4-13-22(20)15-21(23,25)16-6-5-7-18(14-16)24(26)27/h5-7,9-12,14,25H,2-4,8,13,15H2,1H3/q+1/t21-/m0/s1. The number of nitro benzene ring substituents is 1. The van der Waals surface area contributed by atoms with Gasteiger partial charge in [0.2, 0.25) is 0 Å². The van der Waals surface area contributed by atoms with Crippen molar-refractivity contribution in [1.82, 2.24) is 0 Å². The predicted molar refractivity (Wildman–Crippen MR) is 106 cm³/mol. The first-order valence-corrected chi connectivity index (χ1v) is 9.55. The molecule has 4 rings (SSSR count). The van der Waals surface area contributed by atoms with E-state index in [1.807, 2.05) is 29.2 Å². The molecular weight excluding hydrogens is 358 g/mol. The number of amidine groups is 1. The molecule has 0 saturated carbocycles. The number of rotatable bonds is 4. The third-order valence-electron chi connectivity index (χ3n) is 5.58. The first-order chi connectivity index (χ1) is 13.5. The lowest BCUT2D eigenvalue weighted by Crippen LogP contribution is -2.47. The summed E-state index contributed by atoms with van der Waals surface area (Å²) in [5.74, 6) is 1.81. The van der Waals surface area contributed by atoms with E-state index in [0.29, 0.717) is 12.1 Å². The Bertz CT molecular complexity index is 926. The van der Waals surface area contributed by atoms with Gasteiger partial charge in [-0.25, -0.2) is 0 Å². The summed E-state index contributed by atoms with van der Waals surface area (Å²) in [6.07, 6.45) is 4.16. The molecule has 2 aliphatic heterocycles. The Hall–Kier alpha value is -2.93. The summed E-state index contributed by atoms with van der Waals surface area (Å²) in [6.45, 7) is 1.26. The number of non-ortho nitro benzene ring substituents is 1. The van der Waals surface area contributed by atoms with E-state index in [-0.39, 0.29) is 5.69 Å². The summed E-state index contributed by atoms with van der Waals surface area (Å²) >= 11 is 0. The SMILES string of the molecule is COc1ccc(N2C3=[N+](CCCCC3)C[C@]2(O)c2cccc([N+](=O)[O-])c2)cc1. The third-order valence-corrected chi connectivity index (χ3v) is 5.58. The van der Waals surface area contributed by atoms with Gasteiger partial charge < -0.3 is 9.84 Å². The number of aliphatic hydroxyl groups is 1. The first-order valence-electron chi connectivity index (χ1n) is 9.55. The molecule has 7 heteroatoms. The maximum atomic E-state index is 11.8. The Kier molecular flexibility index (Phi) is 4.77. The molecule has 0 unspecified atom stereocenters. The molecule has 2 aromatic carbocycles. The van der Waals surface area contributed by atoms with Crippen molar-refractivity contribution in [3.05, 3.63) is 64.2 Å². The number of hydrogen-bond acceptors (Lipinski definition) is 5. The molecule has 0 fully saturated rings. The lowest BCUT2D eigenvalue weighted by Gasteiger charge is -2.29. The van der Waals surface area contributed by atoms with Crippen LogP contribution in [0.3, 0.4) is 0 Å². The quantitative estimate of drug-likeness (QED) is 0.499. The lowest BCUT2D eigenvalue weighted by molar-refractivity contribution is -0.534. The van der Waals surface area contributed by atoms with Crippen LogP contribution in [0.2, 0.25) is 0 Å². The van der Waals surface area contributed by atoms with Crippen LogP contribution in [0.1, 0.15) is 31.2 Å². The number of ether oxygens (including phenoxy) is 1. The van der Waals surface area contributed by atoms with Gasteiger partial charge in [-0.2, -0.15) is 4.90 Å². The Labute approximate surface area is 163 Å². The van der Waals surface area contributed by atoms with Crippen LogP contribution in [0.5, 0.6) is 5.75 Å². The van der Waals surface area contributed by atoms with Crippen molar-refractivity contribution in [1.29, 1.82) is 0 Å². The second-order valence-corrected chi connectivity index (χ2v) is 7.31. The first kappa shape index (κ1) is 18.4. The van der Waals surface area contributed by atoms with Crippen LogP contribution in [0.25, 0.3) is 0 Å². The van der Waals surface area contributed by atoms with Crippen molar-refractivity contribution in [2.75, 3.05) is 25.1 Å². The van der Waals surface area contributed by atoms with Gasteiger partial charge in [-0.1, -0.05) is 12.1 Å². The highest BCUT2D eigenvalue weighted by Gasteiger charge is 2.54. The van der Waals surface area contributed by atoms with Crippen molar-refractivity contribution >= 4 is 17.2 Å². The molecule has 0 aliphatic carbocycles. The minimum absolute atomic E-state index is 0.0206. The Morgan fingerprint density at radius 1 is 1.18 bits per heavy atom. The van der Waals surface area contributed by atoms with Gasteiger partial charge in [0.1, 0.15) is 11.4 Å². The van der Waals surface area contributed by atoms with Crippen molar-refractivity contribution in [2.45, 2.75) is 31.4 Å². The molecule has 0 bridgehead atoms. The van der Waals surface area contributed by atoms with E-state index in [4.69, 9.17) is 4.74 Å². The zero-order chi connectivity index (χ0) is 19.7. The molecule has 0 saturated heterocycles. The fraction of sp³-hybridized carbons (Fsp3) is 0.381. The van der Waals surface area contributed by atoms with Gasteiger partial charge in [0.05, 0.1) is 18.6 Å². The highest BCUT2D eigenvalue weighted by molar-refractivity contribution is 5.97. The van der Waals surface area contributed by atoms with Crippen LogP contribution >= 0.6 is 0 Å². The summed E-state index contributed by atoms with van der Waals surface area (Å²) in [5.41, 5.74) is -0.0206. The topological polar surface area (TPSA) is 78.8 Å². The molecule has 2 aromatic rings. The van der Waals surface area contributed by atoms with Gasteiger partial charge in [-0.3, -0.25) is 14.7 Å². The summed E-state index contributed by atoms with van der Waals surface area (Å²) < 4.78 is 7.48. The van der Waals surface area contributed by atoms with Crippen LogP contribution in [0, 0.1) is 10.1 Å². The zero-order valence-corrected chi connectivity index (χ0v) is 15.9. The van der Waals surface area contributed by atoms with Crippen molar-refractivity contribution in [2.24, 2.45) is 0 Å². The number of nitrogens with zero attached hydrogens (tertiary/aromatic N) is 3. The molecule has 2 heterocycles. The summed E-state index contributed by atoms with van der Waals surface area (Å²) in [7, 11) is 1.62. The minimum Gasteiger partial charge on any atom is -0.497 e. The molecule has 1 atom stereocenters. The third kappa shape index (κ3) is 3.11. The van der Waals surface area contributed by atoms with E-state index in [9.17, 15) is 15.2 Å². The zero-order valence-electron chi connectivity index (χ0n) is 15.9. The molecule has 1 N–H and O–H groups in total. The smallest absolute Gasteiger partial charge is 0.275 e. The molecule has 0 spiro atoms. The second-order valence-electron chi connectivity index (χ2n) is 7.31. The van der Waals surface area contributed by atoms with Crippen LogP contribution in [-0.4, -0.2) is 40.6 Å². The number of anilines is 1. The van der Waals surface area contributed by atoms with E-state index in [0.717, 1.165) is 49.5 Å². The van der Waals surface area contributed by atoms with Gasteiger partial charge >= 0.3 is 0 Å². The van der Waals surface area contributed by atoms with Crippen molar-refractivity contribution in [3.63, 3.8) is 0 Å². The van der Waals surface area contributed by atoms with E-state index < -0.39 is 10.6 Å². The normalized spacial score (nSPS) is 22.0. The van der Waals surface area contributed by atoms with Crippen molar-refractivity contribution < 1.29 is 19.3 Å². The van der Waals surface area contributed by atoms with E-state index in [1.165, 1.54) is 12.1 Å². The maximum absolute atomic E-state index is 11.8. The van der Waals surface area contributed by atoms with Gasteiger partial charge in [0, 0.05) is 24.1 Å². The lowest BCUT2D eigenvalue weighted by atomic mass is 9.99. The minimum atomic E-state index is -1.37. The summed E-state index contributed by atoms with van der Waals surface area (Å²) in [5, 5.41) is 23.1. The average molecular weight is 382 g/mol. The number of methoxy groups -OCH3 is 1. The molecule has 0 radical (unpaired) electrons. The molecule has 2 aliphatic rings. The fourth-order valence-electron chi connectivity index (χ4n) is 4.21. The fourth-order valence-corrected chi connectivity index (χ4v) is 4.21. The predicted octanol–water partition coefficient (Wildman–Crippen LogP) is 3.25. The molecule has 0 amide bonds. The van der Waals surface area contributed by atoms with E-state index in [1.54, 1.807) is 19.2 Å². The van der Waals surface area contributed by atoms with E-state index in [2.05, 4.69) is 4.58 Å². The molecule has 146 valence electrons. The van der Waals surface area contributed by atoms with Gasteiger partial charge in [-0.15, -0.1) is 0 Å². The Morgan fingerprint density at radius 3 is 2.68 bits per heavy atom. The van der Waals surface area contributed by atoms with Crippen LogP contribution in [0.4, 0.5) is 11.4 Å². The summed E-state index contributed by atoms with van der Waals surface area (Å²) in [4.78, 5) is 12.8. The Morgan fingerprint density at radius 2 is 1.96 bits per heavy atom. The molecule has 28 heavy (non-hydrogen) atoms. The van der Waals surface area contributed by atoms with Crippen LogP contribution in [-0.2, 0) is 5.72 Å². The summed E-state index contributed by atoms with van der Waals surface area (Å²) in [6, 6.07) is 13.9. The molecular formula is C21H24N3O4+. The van der Waals surface area contributed by atoms with Crippen LogP contribution in [0.15, 0.2) is 48.5 Å². The largest absolute Gasteiger partial charge is 0.497 e. The van der Waals surface area contributed by atoms with Crippen molar-refractivity contribution in [3.8, 4) is 5.75 Å². The molecule has 0 aromatic heterocycles. The number of hydrogen-bond donors (Lipinski definition) is 1. The highest BCUT2D eigenvalue weighted by Crippen LogP contribution is 2.39. The monoisotopic (exact) mass is 382 g/mol. The van der Waals surface area contributed by atoms with E-state index >= 15 is 0 Å². The van der Waals surface area contributed by atoms with Gasteiger partial charge in [-0.05, 0) is 43.5 Å². The molecule has 7 nitrogen and oxygen atoms in total.